The first-order valence-electron chi connectivity index (χ1n) is 6.25. The molecule has 2 aromatic carbocycles. The lowest BCUT2D eigenvalue weighted by Crippen LogP contribution is -2.12. The number of alkyl halides is 1. The molecule has 19 heavy (non-hydrogen) atoms. The summed E-state index contributed by atoms with van der Waals surface area (Å²) in [6, 6.07) is 11.0. The van der Waals surface area contributed by atoms with Crippen molar-refractivity contribution >= 4 is 32.2 Å². The van der Waals surface area contributed by atoms with Crippen LogP contribution >= 0.6 is 11.6 Å². The summed E-state index contributed by atoms with van der Waals surface area (Å²) in [5.74, 6) is 0.652. The molecule has 2 aromatic rings. The predicted octanol–water partition coefficient (Wildman–Crippen LogP) is 4.01. The molecular formula is C15H17ClO2S. The van der Waals surface area contributed by atoms with E-state index in [2.05, 4.69) is 0 Å². The van der Waals surface area contributed by atoms with Crippen LogP contribution in [0.1, 0.15) is 19.4 Å². The third-order valence-corrected chi connectivity index (χ3v) is 5.43. The van der Waals surface area contributed by atoms with Crippen LogP contribution in [0.5, 0.6) is 0 Å². The molecule has 0 amide bonds. The molecule has 0 N–H and O–H groups in total. The zero-order chi connectivity index (χ0) is 14.0. The molecule has 0 saturated carbocycles. The number of hydrogen-bond acceptors (Lipinski definition) is 2. The zero-order valence-electron chi connectivity index (χ0n) is 11.1. The summed E-state index contributed by atoms with van der Waals surface area (Å²) in [7, 11) is -3.25. The summed E-state index contributed by atoms with van der Waals surface area (Å²) < 4.78 is 24.8. The van der Waals surface area contributed by atoms with Gasteiger partial charge in [-0.25, -0.2) is 8.42 Å². The van der Waals surface area contributed by atoms with Crippen LogP contribution in [0.2, 0.25) is 0 Å². The number of fused-ring (bicyclic) bond motifs is 1. The van der Waals surface area contributed by atoms with Crippen molar-refractivity contribution in [3.8, 4) is 0 Å². The van der Waals surface area contributed by atoms with Gasteiger partial charge in [-0.2, -0.15) is 0 Å². The van der Waals surface area contributed by atoms with Crippen molar-refractivity contribution < 1.29 is 8.42 Å². The van der Waals surface area contributed by atoms with E-state index in [4.69, 9.17) is 11.6 Å². The van der Waals surface area contributed by atoms with Gasteiger partial charge < -0.3 is 0 Å². The minimum absolute atomic E-state index is 0.108. The van der Waals surface area contributed by atoms with Crippen molar-refractivity contribution in [3.63, 3.8) is 0 Å². The summed E-state index contributed by atoms with van der Waals surface area (Å²) in [5, 5.41) is 1.68. The fourth-order valence-corrected chi connectivity index (χ4v) is 4.33. The van der Waals surface area contributed by atoms with Crippen molar-refractivity contribution in [1.29, 1.82) is 0 Å². The summed E-state index contributed by atoms with van der Waals surface area (Å²) in [5.41, 5.74) is 0.959. The molecule has 0 bridgehead atoms. The van der Waals surface area contributed by atoms with Crippen molar-refractivity contribution in [3.05, 3.63) is 42.0 Å². The van der Waals surface area contributed by atoms with Gasteiger partial charge in [-0.15, -0.1) is 11.6 Å². The van der Waals surface area contributed by atoms with Crippen LogP contribution in [0, 0.1) is 5.92 Å². The molecule has 0 radical (unpaired) electrons. The molecule has 0 heterocycles. The average Bonchev–Trinajstić information content (AvgIpc) is 2.35. The lowest BCUT2D eigenvalue weighted by molar-refractivity contribution is 0.583. The minimum Gasteiger partial charge on any atom is -0.224 e. The molecular weight excluding hydrogens is 280 g/mol. The molecule has 0 aliphatic carbocycles. The summed E-state index contributed by atoms with van der Waals surface area (Å²) in [6.45, 7) is 3.82. The molecule has 2 nitrogen and oxygen atoms in total. The Morgan fingerprint density at radius 3 is 2.26 bits per heavy atom. The van der Waals surface area contributed by atoms with E-state index in [-0.39, 0.29) is 11.7 Å². The highest BCUT2D eigenvalue weighted by Gasteiger charge is 2.19. The predicted molar refractivity (Wildman–Crippen MR) is 80.4 cm³/mol. The van der Waals surface area contributed by atoms with Gasteiger partial charge in [0.2, 0.25) is 0 Å². The Morgan fingerprint density at radius 1 is 1.05 bits per heavy atom. The summed E-state index contributed by atoms with van der Waals surface area (Å²) >= 11 is 5.91. The number of sulfone groups is 1. The molecule has 0 spiro atoms. The topological polar surface area (TPSA) is 34.1 Å². The Labute approximate surface area is 119 Å². The normalized spacial score (nSPS) is 12.2. The van der Waals surface area contributed by atoms with Gasteiger partial charge in [0.15, 0.2) is 9.84 Å². The van der Waals surface area contributed by atoms with Crippen LogP contribution in [0.25, 0.3) is 10.8 Å². The van der Waals surface area contributed by atoms with E-state index in [9.17, 15) is 8.42 Å². The fourth-order valence-electron chi connectivity index (χ4n) is 2.25. The van der Waals surface area contributed by atoms with Crippen molar-refractivity contribution in [2.45, 2.75) is 24.6 Å². The van der Waals surface area contributed by atoms with E-state index in [1.807, 2.05) is 44.2 Å². The van der Waals surface area contributed by atoms with E-state index in [1.165, 1.54) is 0 Å². The van der Waals surface area contributed by atoms with Crippen LogP contribution in [0.15, 0.2) is 41.3 Å². The van der Waals surface area contributed by atoms with Crippen molar-refractivity contribution in [2.75, 3.05) is 5.75 Å². The Balaban J connectivity index is 2.69. The molecule has 0 aromatic heterocycles. The maximum atomic E-state index is 12.4. The van der Waals surface area contributed by atoms with Gasteiger partial charge in [0, 0.05) is 11.3 Å². The standard InChI is InChI=1S/C15H17ClO2S/c1-11(2)10-19(17,18)15-8-7-12(9-16)13-5-3-4-6-14(13)15/h3-8,11H,9-10H2,1-2H3. The molecule has 2 rings (SSSR count). The summed E-state index contributed by atoms with van der Waals surface area (Å²) in [4.78, 5) is 0.408. The first-order valence-corrected chi connectivity index (χ1v) is 8.43. The first-order chi connectivity index (χ1) is 8.95. The molecule has 102 valence electrons. The molecule has 0 atom stereocenters. The maximum Gasteiger partial charge on any atom is 0.179 e. The number of rotatable bonds is 4. The number of halogens is 1. The highest BCUT2D eigenvalue weighted by molar-refractivity contribution is 7.91. The van der Waals surface area contributed by atoms with Crippen molar-refractivity contribution in [2.24, 2.45) is 5.92 Å². The number of benzene rings is 2. The molecule has 0 aliphatic heterocycles. The van der Waals surface area contributed by atoms with Gasteiger partial charge >= 0.3 is 0 Å². The quantitative estimate of drug-likeness (QED) is 0.799. The average molecular weight is 297 g/mol. The second-order valence-corrected chi connectivity index (χ2v) is 7.35. The van der Waals surface area contributed by atoms with E-state index >= 15 is 0 Å². The van der Waals surface area contributed by atoms with Crippen LogP contribution in [0.3, 0.4) is 0 Å². The molecule has 4 heteroatoms. The second kappa shape index (κ2) is 5.51. The highest BCUT2D eigenvalue weighted by atomic mass is 35.5. The highest BCUT2D eigenvalue weighted by Crippen LogP contribution is 2.28. The maximum absolute atomic E-state index is 12.4. The third kappa shape index (κ3) is 2.93. The summed E-state index contributed by atoms with van der Waals surface area (Å²) in [6.07, 6.45) is 0. The fraction of sp³-hybridized carbons (Fsp3) is 0.333. The first kappa shape index (κ1) is 14.4. The molecule has 0 fully saturated rings. The van der Waals surface area contributed by atoms with E-state index < -0.39 is 9.84 Å². The van der Waals surface area contributed by atoms with Crippen LogP contribution in [-0.4, -0.2) is 14.2 Å². The van der Waals surface area contributed by atoms with Gasteiger partial charge in [-0.1, -0.05) is 44.2 Å². The number of hydrogen-bond donors (Lipinski definition) is 0. The largest absolute Gasteiger partial charge is 0.224 e. The van der Waals surface area contributed by atoms with Crippen LogP contribution in [-0.2, 0) is 15.7 Å². The Morgan fingerprint density at radius 2 is 1.68 bits per heavy atom. The van der Waals surface area contributed by atoms with Crippen LogP contribution < -0.4 is 0 Å². The zero-order valence-corrected chi connectivity index (χ0v) is 12.6. The van der Waals surface area contributed by atoms with Gasteiger partial charge in [-0.3, -0.25) is 0 Å². The second-order valence-electron chi connectivity index (χ2n) is 5.08. The van der Waals surface area contributed by atoms with E-state index in [1.54, 1.807) is 6.07 Å². The molecule has 0 saturated heterocycles. The van der Waals surface area contributed by atoms with Crippen molar-refractivity contribution in [1.82, 2.24) is 0 Å². The van der Waals surface area contributed by atoms with Gasteiger partial charge in [0.1, 0.15) is 0 Å². The Bertz CT molecular complexity index is 690. The lowest BCUT2D eigenvalue weighted by atomic mass is 10.1. The van der Waals surface area contributed by atoms with Gasteiger partial charge in [0.05, 0.1) is 10.6 Å². The smallest absolute Gasteiger partial charge is 0.179 e. The molecule has 0 unspecified atom stereocenters. The van der Waals surface area contributed by atoms with E-state index in [0.717, 1.165) is 16.3 Å². The Hall–Kier alpha value is -1.06. The third-order valence-electron chi connectivity index (χ3n) is 3.01. The van der Waals surface area contributed by atoms with E-state index in [0.29, 0.717) is 10.8 Å². The van der Waals surface area contributed by atoms with Gasteiger partial charge in [-0.05, 0) is 22.9 Å². The Kier molecular flexibility index (Phi) is 4.16. The lowest BCUT2D eigenvalue weighted by Gasteiger charge is -2.12. The van der Waals surface area contributed by atoms with Crippen LogP contribution in [0.4, 0.5) is 0 Å². The monoisotopic (exact) mass is 296 g/mol. The molecule has 0 aliphatic rings. The minimum atomic E-state index is -3.25. The van der Waals surface area contributed by atoms with Gasteiger partial charge in [0.25, 0.3) is 0 Å². The SMILES string of the molecule is CC(C)CS(=O)(=O)c1ccc(CCl)c2ccccc12.